The van der Waals surface area contributed by atoms with Crippen LogP contribution in [0.25, 0.3) is 65.3 Å². The number of fused-ring (bicyclic) bond motifs is 8. The fourth-order valence-electron chi connectivity index (χ4n) is 9.88. The molecule has 1 aliphatic rings. The molecule has 0 bridgehead atoms. The van der Waals surface area contributed by atoms with Gasteiger partial charge in [0.15, 0.2) is 0 Å². The summed E-state index contributed by atoms with van der Waals surface area (Å²) >= 11 is 0. The molecule has 2 heterocycles. The molecular weight excluding hydrogens is 729 g/mol. The Morgan fingerprint density at radius 2 is 0.867 bits per heavy atom. The van der Waals surface area contributed by atoms with Crippen LogP contribution in [0.1, 0.15) is 0 Å². The van der Waals surface area contributed by atoms with E-state index >= 15 is 0 Å². The molecule has 1 aliphatic heterocycles. The van der Waals surface area contributed by atoms with Crippen molar-refractivity contribution in [1.82, 2.24) is 4.57 Å². The van der Waals surface area contributed by atoms with Gasteiger partial charge in [-0.15, -0.1) is 0 Å². The van der Waals surface area contributed by atoms with Gasteiger partial charge in [-0.2, -0.15) is 0 Å². The van der Waals surface area contributed by atoms with Gasteiger partial charge in [-0.1, -0.05) is 133 Å². The Balaban J connectivity index is 1.05. The maximum atomic E-state index is 2.44. The highest BCUT2D eigenvalue weighted by Gasteiger charge is 2.28. The highest BCUT2D eigenvalue weighted by atomic mass is 15.2. The van der Waals surface area contributed by atoms with E-state index in [1.54, 1.807) is 0 Å². The van der Waals surface area contributed by atoms with Crippen molar-refractivity contribution in [3.05, 3.63) is 206 Å². The summed E-state index contributed by atoms with van der Waals surface area (Å²) in [6.45, 7) is 0. The fraction of sp³-hybridized carbons (Fsp3) is 0.0357. The zero-order valence-electron chi connectivity index (χ0n) is 33.4. The van der Waals surface area contributed by atoms with E-state index in [0.717, 1.165) is 34.1 Å². The molecule has 0 saturated heterocycles. The molecule has 0 fully saturated rings. The van der Waals surface area contributed by atoms with Crippen molar-refractivity contribution < 1.29 is 0 Å². The Morgan fingerprint density at radius 3 is 1.52 bits per heavy atom. The van der Waals surface area contributed by atoms with Gasteiger partial charge < -0.3 is 19.3 Å². The molecule has 0 spiro atoms. The Morgan fingerprint density at radius 1 is 0.333 bits per heavy atom. The average Bonchev–Trinajstić information content (AvgIpc) is 3.59. The molecule has 0 unspecified atom stereocenters. The monoisotopic (exact) mass is 768 g/mol. The highest BCUT2D eigenvalue weighted by molar-refractivity contribution is 6.28. The van der Waals surface area contributed by atoms with Crippen LogP contribution in [-0.4, -0.2) is 11.6 Å². The molecule has 11 aromatic rings. The SMILES string of the molecule is CN1c2cc(N(c3ccccc3)c3cccc4ccccc34)ccc2-c2cc3c(c4cccc1c24)c1ccc(N(c2ccccc2)c2cccc4ccccc24)cc1n3C. The largest absolute Gasteiger partial charge is 0.344 e. The molecule has 0 radical (unpaired) electrons. The smallest absolute Gasteiger partial charge is 0.0540 e. The average molecular weight is 769 g/mol. The molecule has 284 valence electrons. The maximum absolute atomic E-state index is 2.44. The normalized spacial score (nSPS) is 12.1. The molecule has 10 aromatic carbocycles. The first-order chi connectivity index (χ1) is 29.6. The summed E-state index contributed by atoms with van der Waals surface area (Å²) in [5.74, 6) is 0. The van der Waals surface area contributed by atoms with Gasteiger partial charge in [0.25, 0.3) is 0 Å². The molecule has 0 aliphatic carbocycles. The van der Waals surface area contributed by atoms with Crippen molar-refractivity contribution in [1.29, 1.82) is 0 Å². The van der Waals surface area contributed by atoms with Crippen molar-refractivity contribution >= 4 is 99.6 Å². The number of aromatic nitrogens is 1. The van der Waals surface area contributed by atoms with Crippen LogP contribution in [0, 0.1) is 0 Å². The predicted molar refractivity (Wildman–Crippen MR) is 256 cm³/mol. The van der Waals surface area contributed by atoms with E-state index in [4.69, 9.17) is 0 Å². The van der Waals surface area contributed by atoms with Gasteiger partial charge in [0.2, 0.25) is 0 Å². The molecule has 12 rings (SSSR count). The quantitative estimate of drug-likeness (QED) is 0.167. The van der Waals surface area contributed by atoms with E-state index in [2.05, 4.69) is 240 Å². The van der Waals surface area contributed by atoms with Crippen molar-refractivity contribution in [2.75, 3.05) is 21.7 Å². The number of nitrogens with zero attached hydrogens (tertiary/aromatic N) is 4. The van der Waals surface area contributed by atoms with Gasteiger partial charge in [-0.3, -0.25) is 0 Å². The van der Waals surface area contributed by atoms with E-state index in [1.165, 1.54) is 76.6 Å². The molecule has 0 saturated carbocycles. The molecule has 4 nitrogen and oxygen atoms in total. The molecule has 0 atom stereocenters. The van der Waals surface area contributed by atoms with Crippen LogP contribution in [0.15, 0.2) is 206 Å². The lowest BCUT2D eigenvalue weighted by molar-refractivity contribution is 1.01. The summed E-state index contributed by atoms with van der Waals surface area (Å²) in [5.41, 5.74) is 14.1. The highest BCUT2D eigenvalue weighted by Crippen LogP contribution is 2.52. The van der Waals surface area contributed by atoms with Crippen LogP contribution in [-0.2, 0) is 7.05 Å². The van der Waals surface area contributed by atoms with Gasteiger partial charge in [0.05, 0.1) is 28.1 Å². The first-order valence-corrected chi connectivity index (χ1v) is 20.6. The minimum absolute atomic E-state index is 1.12. The number of rotatable bonds is 6. The lowest BCUT2D eigenvalue weighted by Gasteiger charge is -2.33. The summed E-state index contributed by atoms with van der Waals surface area (Å²) in [4.78, 5) is 7.18. The Kier molecular flexibility index (Phi) is 7.63. The van der Waals surface area contributed by atoms with Gasteiger partial charge >= 0.3 is 0 Å². The van der Waals surface area contributed by atoms with Crippen molar-refractivity contribution in [3.8, 4) is 11.1 Å². The van der Waals surface area contributed by atoms with Crippen LogP contribution in [0.2, 0.25) is 0 Å². The lowest BCUT2D eigenvalue weighted by Crippen LogP contribution is -2.17. The van der Waals surface area contributed by atoms with Gasteiger partial charge in [-0.25, -0.2) is 0 Å². The minimum Gasteiger partial charge on any atom is -0.344 e. The topological polar surface area (TPSA) is 14.7 Å². The zero-order valence-corrected chi connectivity index (χ0v) is 33.4. The fourth-order valence-corrected chi connectivity index (χ4v) is 9.88. The number of anilines is 8. The molecule has 1 aromatic heterocycles. The van der Waals surface area contributed by atoms with E-state index in [-0.39, 0.29) is 0 Å². The Bertz CT molecular complexity index is 3470. The number of hydrogen-bond donors (Lipinski definition) is 0. The Hall–Kier alpha value is -7.82. The van der Waals surface area contributed by atoms with E-state index < -0.39 is 0 Å². The first-order valence-electron chi connectivity index (χ1n) is 20.6. The van der Waals surface area contributed by atoms with Crippen LogP contribution in [0.5, 0.6) is 0 Å². The summed E-state index contributed by atoms with van der Waals surface area (Å²) in [6.07, 6.45) is 0. The van der Waals surface area contributed by atoms with Gasteiger partial charge in [-0.05, 0) is 94.5 Å². The van der Waals surface area contributed by atoms with Crippen LogP contribution < -0.4 is 14.7 Å². The van der Waals surface area contributed by atoms with E-state index in [9.17, 15) is 0 Å². The third-order valence-corrected chi connectivity index (χ3v) is 12.6. The molecular formula is C56H40N4. The second-order valence-electron chi connectivity index (χ2n) is 15.9. The number of hydrogen-bond acceptors (Lipinski definition) is 3. The van der Waals surface area contributed by atoms with Crippen molar-refractivity contribution in [2.45, 2.75) is 0 Å². The number of aryl methyl sites for hydroxylation is 1. The first kappa shape index (κ1) is 34.2. The zero-order chi connectivity index (χ0) is 39.9. The van der Waals surface area contributed by atoms with E-state index in [0.29, 0.717) is 0 Å². The van der Waals surface area contributed by atoms with Crippen molar-refractivity contribution in [3.63, 3.8) is 0 Å². The molecule has 0 N–H and O–H groups in total. The summed E-state index contributed by atoms with van der Waals surface area (Å²) in [7, 11) is 4.44. The van der Waals surface area contributed by atoms with Crippen LogP contribution in [0.4, 0.5) is 45.5 Å². The third-order valence-electron chi connectivity index (χ3n) is 12.6. The van der Waals surface area contributed by atoms with E-state index in [1.807, 2.05) is 0 Å². The number of para-hydroxylation sites is 2. The summed E-state index contributed by atoms with van der Waals surface area (Å²) in [6, 6.07) is 75.2. The maximum Gasteiger partial charge on any atom is 0.0540 e. The Labute approximate surface area is 349 Å². The van der Waals surface area contributed by atoms with Gasteiger partial charge in [0, 0.05) is 75.0 Å². The second kappa shape index (κ2) is 13.4. The van der Waals surface area contributed by atoms with Gasteiger partial charge in [0.1, 0.15) is 0 Å². The van der Waals surface area contributed by atoms with Crippen molar-refractivity contribution in [2.24, 2.45) is 7.05 Å². The third kappa shape index (κ3) is 5.11. The lowest BCUT2D eigenvalue weighted by atomic mass is 9.89. The molecule has 60 heavy (non-hydrogen) atoms. The molecule has 0 amide bonds. The number of benzene rings is 10. The van der Waals surface area contributed by atoms with Crippen LogP contribution >= 0.6 is 0 Å². The second-order valence-corrected chi connectivity index (χ2v) is 15.9. The standard InChI is InChI=1S/C56H40N4/c1-57-51-29-15-26-47-55-46-33-31-42(60(40-22-7-4-8-23-40)50-28-14-19-38-17-10-12-25-44(38)50)35-53(46)58(2)54(55)36-48(56(47)51)45-32-30-41(34-52(45)57)59(39-20-5-3-6-21-39)49-27-13-18-37-16-9-11-24-43(37)49/h3-36H,1-2H3. The molecule has 4 heteroatoms. The van der Waals surface area contributed by atoms with Crippen LogP contribution in [0.3, 0.4) is 0 Å². The minimum atomic E-state index is 1.12. The predicted octanol–water partition coefficient (Wildman–Crippen LogP) is 15.5. The summed E-state index contributed by atoms with van der Waals surface area (Å²) < 4.78 is 2.40. The summed E-state index contributed by atoms with van der Waals surface area (Å²) in [5, 5.41) is 9.99.